The molecule has 4 nitrogen and oxygen atoms in total. The Morgan fingerprint density at radius 2 is 1.76 bits per heavy atom. The highest BCUT2D eigenvalue weighted by atomic mass is 16.6. The molecule has 0 heterocycles. The summed E-state index contributed by atoms with van der Waals surface area (Å²) in [6.07, 6.45) is 3.11. The van der Waals surface area contributed by atoms with Crippen LogP contribution in [-0.4, -0.2) is 23.5 Å². The third-order valence-corrected chi connectivity index (χ3v) is 2.62. The fourth-order valence-corrected chi connectivity index (χ4v) is 1.56. The maximum absolute atomic E-state index is 11.8. The van der Waals surface area contributed by atoms with Gasteiger partial charge < -0.3 is 10.1 Å². The van der Waals surface area contributed by atoms with Gasteiger partial charge in [0, 0.05) is 6.08 Å². The van der Waals surface area contributed by atoms with Gasteiger partial charge >= 0.3 is 5.97 Å². The fraction of sp³-hybridized carbons (Fsp3) is 0.412. The predicted molar refractivity (Wildman–Crippen MR) is 83.7 cm³/mol. The summed E-state index contributed by atoms with van der Waals surface area (Å²) in [7, 11) is 0. The molecule has 1 rings (SSSR count). The van der Waals surface area contributed by atoms with Gasteiger partial charge in [0.15, 0.2) is 0 Å². The molecule has 4 heteroatoms. The molecule has 0 spiro atoms. The van der Waals surface area contributed by atoms with Crippen LogP contribution in [0, 0.1) is 6.92 Å². The largest absolute Gasteiger partial charge is 0.458 e. The second-order valence-corrected chi connectivity index (χ2v) is 6.01. The number of ether oxygens (including phenoxy) is 1. The molecule has 0 aliphatic carbocycles. The summed E-state index contributed by atoms with van der Waals surface area (Å²) in [6, 6.07) is 7.12. The number of amides is 1. The number of hydrogen-bond donors (Lipinski definition) is 1. The van der Waals surface area contributed by atoms with Crippen molar-refractivity contribution in [3.63, 3.8) is 0 Å². The highest BCUT2D eigenvalue weighted by molar-refractivity contribution is 5.94. The molecule has 1 aromatic rings. The molecule has 1 atom stereocenters. The SMILES string of the molecule is Cc1ccc(/C=C/C(=O)N[C@@H](C)C(=O)OC(C)(C)C)cc1. The summed E-state index contributed by atoms with van der Waals surface area (Å²) in [5.74, 6) is -0.770. The van der Waals surface area contributed by atoms with E-state index in [1.54, 1.807) is 33.8 Å². The maximum atomic E-state index is 11.8. The highest BCUT2D eigenvalue weighted by Gasteiger charge is 2.22. The van der Waals surface area contributed by atoms with E-state index < -0.39 is 17.6 Å². The normalized spacial score (nSPS) is 13.0. The molecule has 0 bridgehead atoms. The smallest absolute Gasteiger partial charge is 0.328 e. The molecule has 0 radical (unpaired) electrons. The quantitative estimate of drug-likeness (QED) is 0.685. The Balaban J connectivity index is 2.53. The van der Waals surface area contributed by atoms with Gasteiger partial charge in [-0.05, 0) is 46.3 Å². The number of aryl methyl sites for hydroxylation is 1. The van der Waals surface area contributed by atoms with E-state index >= 15 is 0 Å². The van der Waals surface area contributed by atoms with E-state index in [0.717, 1.165) is 11.1 Å². The molecule has 0 saturated carbocycles. The minimum atomic E-state index is -0.681. The summed E-state index contributed by atoms with van der Waals surface area (Å²) in [4.78, 5) is 23.5. The summed E-state index contributed by atoms with van der Waals surface area (Å²) in [6.45, 7) is 8.97. The van der Waals surface area contributed by atoms with Crippen LogP contribution in [0.25, 0.3) is 6.08 Å². The molecular weight excluding hydrogens is 266 g/mol. The number of hydrogen-bond acceptors (Lipinski definition) is 3. The van der Waals surface area contributed by atoms with E-state index in [-0.39, 0.29) is 5.91 Å². The number of carbonyl (C=O) groups excluding carboxylic acids is 2. The fourth-order valence-electron chi connectivity index (χ4n) is 1.56. The van der Waals surface area contributed by atoms with Gasteiger partial charge in [0.1, 0.15) is 11.6 Å². The van der Waals surface area contributed by atoms with Crippen LogP contribution in [0.15, 0.2) is 30.3 Å². The molecule has 0 unspecified atom stereocenters. The average Bonchev–Trinajstić information content (AvgIpc) is 2.36. The Morgan fingerprint density at radius 1 is 1.19 bits per heavy atom. The van der Waals surface area contributed by atoms with Crippen molar-refractivity contribution in [2.24, 2.45) is 0 Å². The Bertz CT molecular complexity index is 524. The van der Waals surface area contributed by atoms with Gasteiger partial charge in [0.05, 0.1) is 0 Å². The van der Waals surface area contributed by atoms with E-state index in [1.165, 1.54) is 6.08 Å². The lowest BCUT2D eigenvalue weighted by molar-refractivity contribution is -0.157. The highest BCUT2D eigenvalue weighted by Crippen LogP contribution is 2.08. The van der Waals surface area contributed by atoms with E-state index in [4.69, 9.17) is 4.74 Å². The molecule has 0 fully saturated rings. The maximum Gasteiger partial charge on any atom is 0.328 e. The predicted octanol–water partition coefficient (Wildman–Crippen LogP) is 2.85. The zero-order chi connectivity index (χ0) is 16.0. The van der Waals surface area contributed by atoms with Gasteiger partial charge in [0.25, 0.3) is 0 Å². The molecule has 1 N–H and O–H groups in total. The molecule has 0 aliphatic rings. The average molecular weight is 289 g/mol. The van der Waals surface area contributed by atoms with E-state index in [1.807, 2.05) is 31.2 Å². The third kappa shape index (κ3) is 6.75. The van der Waals surface area contributed by atoms with Crippen LogP contribution in [0.2, 0.25) is 0 Å². The second kappa shape index (κ2) is 7.07. The van der Waals surface area contributed by atoms with Gasteiger partial charge in [0.2, 0.25) is 5.91 Å². The van der Waals surface area contributed by atoms with Crippen molar-refractivity contribution in [1.82, 2.24) is 5.32 Å². The Morgan fingerprint density at radius 3 is 2.29 bits per heavy atom. The van der Waals surface area contributed by atoms with Crippen molar-refractivity contribution in [3.8, 4) is 0 Å². The van der Waals surface area contributed by atoms with E-state index in [9.17, 15) is 9.59 Å². The first-order chi connectivity index (χ1) is 9.67. The van der Waals surface area contributed by atoms with Crippen molar-refractivity contribution < 1.29 is 14.3 Å². The van der Waals surface area contributed by atoms with Crippen molar-refractivity contribution in [1.29, 1.82) is 0 Å². The van der Waals surface area contributed by atoms with Gasteiger partial charge in [-0.25, -0.2) is 4.79 Å². The van der Waals surface area contributed by atoms with E-state index in [2.05, 4.69) is 5.32 Å². The number of nitrogens with one attached hydrogen (secondary N) is 1. The van der Waals surface area contributed by atoms with Gasteiger partial charge in [-0.2, -0.15) is 0 Å². The lowest BCUT2D eigenvalue weighted by Gasteiger charge is -2.22. The van der Waals surface area contributed by atoms with Crippen molar-refractivity contribution in [2.45, 2.75) is 46.3 Å². The summed E-state index contributed by atoms with van der Waals surface area (Å²) in [5.41, 5.74) is 1.53. The molecule has 0 aromatic heterocycles. The molecular formula is C17H23NO3. The first kappa shape index (κ1) is 17.0. The van der Waals surface area contributed by atoms with Crippen LogP contribution < -0.4 is 5.32 Å². The molecule has 0 aliphatic heterocycles. The Labute approximate surface area is 126 Å². The van der Waals surface area contributed by atoms with Crippen LogP contribution in [0.4, 0.5) is 0 Å². The van der Waals surface area contributed by atoms with Crippen LogP contribution in [0.3, 0.4) is 0 Å². The number of benzene rings is 1. The second-order valence-electron chi connectivity index (χ2n) is 6.01. The van der Waals surface area contributed by atoms with Crippen molar-refractivity contribution in [3.05, 3.63) is 41.5 Å². The molecule has 114 valence electrons. The van der Waals surface area contributed by atoms with Gasteiger partial charge in [-0.1, -0.05) is 29.8 Å². The number of carbonyl (C=O) groups is 2. The Kier molecular flexibility index (Phi) is 5.70. The van der Waals surface area contributed by atoms with Crippen LogP contribution in [0.1, 0.15) is 38.8 Å². The van der Waals surface area contributed by atoms with Gasteiger partial charge in [-0.15, -0.1) is 0 Å². The third-order valence-electron chi connectivity index (χ3n) is 2.62. The number of rotatable bonds is 4. The first-order valence-electron chi connectivity index (χ1n) is 6.95. The lowest BCUT2D eigenvalue weighted by atomic mass is 10.1. The summed E-state index contributed by atoms with van der Waals surface area (Å²) in [5, 5.41) is 2.58. The lowest BCUT2D eigenvalue weighted by Crippen LogP contribution is -2.41. The Hall–Kier alpha value is -2.10. The van der Waals surface area contributed by atoms with Crippen LogP contribution >= 0.6 is 0 Å². The minimum absolute atomic E-state index is 0.325. The van der Waals surface area contributed by atoms with E-state index in [0.29, 0.717) is 0 Å². The standard InChI is InChI=1S/C17H23NO3/c1-12-6-8-14(9-7-12)10-11-15(19)18-13(2)16(20)21-17(3,4)5/h6-11,13H,1-5H3,(H,18,19)/b11-10+/t13-/m0/s1. The molecule has 1 aromatic carbocycles. The molecule has 21 heavy (non-hydrogen) atoms. The molecule has 0 saturated heterocycles. The number of esters is 1. The zero-order valence-electron chi connectivity index (χ0n) is 13.3. The monoisotopic (exact) mass is 289 g/mol. The van der Waals surface area contributed by atoms with Crippen molar-refractivity contribution >= 4 is 18.0 Å². The zero-order valence-corrected chi connectivity index (χ0v) is 13.3. The van der Waals surface area contributed by atoms with Gasteiger partial charge in [-0.3, -0.25) is 4.79 Å². The molecule has 1 amide bonds. The summed E-state index contributed by atoms with van der Waals surface area (Å²) >= 11 is 0. The van der Waals surface area contributed by atoms with Crippen LogP contribution in [0.5, 0.6) is 0 Å². The van der Waals surface area contributed by atoms with Crippen LogP contribution in [-0.2, 0) is 14.3 Å². The topological polar surface area (TPSA) is 55.4 Å². The first-order valence-corrected chi connectivity index (χ1v) is 6.95. The minimum Gasteiger partial charge on any atom is -0.458 e. The van der Waals surface area contributed by atoms with Crippen molar-refractivity contribution in [2.75, 3.05) is 0 Å². The summed E-state index contributed by atoms with van der Waals surface area (Å²) < 4.78 is 5.20.